The molecule has 19 nitrogen and oxygen atoms in total. The minimum Gasteiger partial charge on any atom is -0.508 e. The van der Waals surface area contributed by atoms with E-state index in [9.17, 15) is 48.9 Å². The van der Waals surface area contributed by atoms with Crippen molar-refractivity contribution in [3.63, 3.8) is 0 Å². The number of aliphatic hydroxyl groups is 1. The lowest BCUT2D eigenvalue weighted by atomic mass is 9.89. The zero-order valence-electron chi connectivity index (χ0n) is 32.0. The van der Waals surface area contributed by atoms with E-state index >= 15 is 0 Å². The van der Waals surface area contributed by atoms with Gasteiger partial charge in [-0.3, -0.25) is 38.6 Å². The number of carboxylic acid groups (broad SMARTS) is 1. The average molecular weight is 810 g/mol. The number of hydrogen-bond acceptors (Lipinski definition) is 13. The van der Waals surface area contributed by atoms with Crippen molar-refractivity contribution in [3.8, 4) is 5.75 Å². The Bertz CT molecular complexity index is 1490. The average Bonchev–Trinajstić information content (AvgIpc) is 3.12. The van der Waals surface area contributed by atoms with Gasteiger partial charge < -0.3 is 59.9 Å². The quantitative estimate of drug-likeness (QED) is 0.0240. The van der Waals surface area contributed by atoms with E-state index in [1.165, 1.54) is 43.0 Å². The lowest BCUT2D eigenvalue weighted by molar-refractivity contribution is -0.142. The Balaban J connectivity index is 3.36. The van der Waals surface area contributed by atoms with Crippen molar-refractivity contribution in [2.75, 3.05) is 25.1 Å². The predicted octanol–water partition coefficient (Wildman–Crippen LogP) is -1.86. The third-order valence-corrected chi connectivity index (χ3v) is 9.55. The number of guanidine groups is 1. The Hall–Kier alpha value is -4.79. The van der Waals surface area contributed by atoms with E-state index in [1.54, 1.807) is 0 Å². The summed E-state index contributed by atoms with van der Waals surface area (Å²) in [5, 5.41) is 37.3. The van der Waals surface area contributed by atoms with E-state index < -0.39 is 103 Å². The number of phenols is 1. The second-order valence-electron chi connectivity index (χ2n) is 13.6. The molecule has 16 N–H and O–H groups in total. The summed E-state index contributed by atoms with van der Waals surface area (Å²) in [5.41, 5.74) is 28.4. The van der Waals surface area contributed by atoms with Gasteiger partial charge in [-0.15, -0.1) is 0 Å². The summed E-state index contributed by atoms with van der Waals surface area (Å²) in [4.78, 5) is 95.3. The number of Topliss-reactive ketones (excluding diaryl/α,β-unsaturated/α-hetero) is 2. The molecule has 0 spiro atoms. The normalized spacial score (nSPS) is 14.8. The largest absolute Gasteiger partial charge is 0.508 e. The molecular weight excluding hydrogens is 751 g/mol. The van der Waals surface area contributed by atoms with Crippen LogP contribution < -0.4 is 44.6 Å². The summed E-state index contributed by atoms with van der Waals surface area (Å²) in [5.74, 6) is -8.18. The maximum atomic E-state index is 13.9. The molecule has 4 amide bonds. The van der Waals surface area contributed by atoms with Gasteiger partial charge in [0.1, 0.15) is 23.6 Å². The molecular formula is C36H59N9O10S. The molecule has 1 rings (SSSR count). The first kappa shape index (κ1) is 49.2. The number of carboxylic acids is 1. The second-order valence-corrected chi connectivity index (χ2v) is 14.5. The molecule has 0 saturated carbocycles. The summed E-state index contributed by atoms with van der Waals surface area (Å²) in [6.07, 6.45) is 0.107. The highest BCUT2D eigenvalue weighted by Crippen LogP contribution is 2.19. The number of aliphatic carboxylic acids is 1. The first-order valence-corrected chi connectivity index (χ1v) is 19.7. The highest BCUT2D eigenvalue weighted by molar-refractivity contribution is 7.98. The Kier molecular flexibility index (Phi) is 23.0. The van der Waals surface area contributed by atoms with Gasteiger partial charge in [-0.2, -0.15) is 11.8 Å². The number of aromatic hydroxyl groups is 1. The van der Waals surface area contributed by atoms with Crippen molar-refractivity contribution in [2.24, 2.45) is 45.5 Å². The molecule has 1 aromatic carbocycles. The number of ketones is 2. The van der Waals surface area contributed by atoms with Crippen LogP contribution in [0.1, 0.15) is 70.3 Å². The van der Waals surface area contributed by atoms with Crippen LogP contribution in [0.4, 0.5) is 0 Å². The van der Waals surface area contributed by atoms with Gasteiger partial charge in [0, 0.05) is 31.7 Å². The predicted molar refractivity (Wildman–Crippen MR) is 211 cm³/mol. The van der Waals surface area contributed by atoms with Gasteiger partial charge in [0.25, 0.3) is 0 Å². The van der Waals surface area contributed by atoms with E-state index in [2.05, 4.69) is 20.9 Å². The topological polar surface area (TPSA) is 359 Å². The Morgan fingerprint density at radius 2 is 1.41 bits per heavy atom. The molecule has 314 valence electrons. The number of aliphatic imine (C=N–C) groups is 1. The molecule has 1 aromatic rings. The van der Waals surface area contributed by atoms with Gasteiger partial charge >= 0.3 is 5.97 Å². The molecule has 0 bridgehead atoms. The van der Waals surface area contributed by atoms with E-state index in [0.717, 1.165) is 0 Å². The van der Waals surface area contributed by atoms with Crippen molar-refractivity contribution in [1.82, 2.24) is 16.0 Å². The van der Waals surface area contributed by atoms with Crippen molar-refractivity contribution >= 4 is 58.9 Å². The summed E-state index contributed by atoms with van der Waals surface area (Å²) >= 11 is 1.48. The number of carbonyl (C=O) groups excluding carboxylic acids is 6. The number of thioether (sulfide) groups is 1. The molecule has 0 radical (unpaired) electrons. The number of phenolic OH excluding ortho intramolecular Hbond substituents is 1. The van der Waals surface area contributed by atoms with Crippen LogP contribution in [0.5, 0.6) is 5.75 Å². The van der Waals surface area contributed by atoms with Crippen LogP contribution in [0.2, 0.25) is 0 Å². The van der Waals surface area contributed by atoms with Crippen LogP contribution >= 0.6 is 11.8 Å². The van der Waals surface area contributed by atoms with Crippen LogP contribution in [-0.2, 0) is 40.0 Å². The summed E-state index contributed by atoms with van der Waals surface area (Å²) in [6, 6.07) is 0.795. The van der Waals surface area contributed by atoms with Gasteiger partial charge in [-0.1, -0.05) is 18.6 Å². The van der Waals surface area contributed by atoms with E-state index in [0.29, 0.717) is 30.6 Å². The molecule has 2 unspecified atom stereocenters. The van der Waals surface area contributed by atoms with E-state index in [1.807, 2.05) is 6.26 Å². The molecule has 0 aliphatic rings. The van der Waals surface area contributed by atoms with Gasteiger partial charge in [-0.05, 0) is 75.3 Å². The SMILES string of the molecule is CSCC[C@H](N)C(=O)CC(C(=O)N[C@@H](CC(=O)O)C(=O)C[C@@H](CCCCN)C(=O)NC(Cc1ccc(O)cc1)C(=O)N[C@@H](CCCN=C(N)N)C(N)=O)[C@@H](C)O. The number of carbonyl (C=O) groups is 7. The molecule has 7 atom stereocenters. The summed E-state index contributed by atoms with van der Waals surface area (Å²) < 4.78 is 0. The highest BCUT2D eigenvalue weighted by Gasteiger charge is 2.35. The molecule has 0 fully saturated rings. The van der Waals surface area contributed by atoms with Crippen LogP contribution in [0.25, 0.3) is 0 Å². The van der Waals surface area contributed by atoms with Crippen molar-refractivity contribution in [1.29, 1.82) is 0 Å². The number of nitrogens with two attached hydrogens (primary N) is 5. The van der Waals surface area contributed by atoms with E-state index in [4.69, 9.17) is 28.7 Å². The molecule has 0 heterocycles. The molecule has 0 aliphatic carbocycles. The second kappa shape index (κ2) is 26.1. The maximum absolute atomic E-state index is 13.9. The van der Waals surface area contributed by atoms with Crippen LogP contribution in [-0.4, -0.2) is 118 Å². The maximum Gasteiger partial charge on any atom is 0.305 e. The van der Waals surface area contributed by atoms with Crippen LogP contribution in [0.3, 0.4) is 0 Å². The third-order valence-electron chi connectivity index (χ3n) is 8.91. The van der Waals surface area contributed by atoms with Crippen LogP contribution in [0.15, 0.2) is 29.3 Å². The van der Waals surface area contributed by atoms with E-state index in [-0.39, 0.29) is 50.5 Å². The molecule has 0 aliphatic heterocycles. The zero-order chi connectivity index (χ0) is 42.4. The number of nitrogens with zero attached hydrogens (tertiary/aromatic N) is 1. The number of unbranched alkanes of at least 4 members (excludes halogenated alkanes) is 1. The van der Waals surface area contributed by atoms with Gasteiger partial charge in [-0.25, -0.2) is 0 Å². The lowest BCUT2D eigenvalue weighted by Gasteiger charge is -2.26. The highest BCUT2D eigenvalue weighted by atomic mass is 32.2. The van der Waals surface area contributed by atoms with Crippen LogP contribution in [0, 0.1) is 11.8 Å². The number of primary amides is 1. The van der Waals surface area contributed by atoms with Crippen molar-refractivity contribution in [2.45, 2.75) is 101 Å². The lowest BCUT2D eigenvalue weighted by Crippen LogP contribution is -2.55. The monoisotopic (exact) mass is 809 g/mol. The fourth-order valence-electron chi connectivity index (χ4n) is 5.63. The van der Waals surface area contributed by atoms with Gasteiger partial charge in [0.15, 0.2) is 11.7 Å². The number of hydrogen-bond donors (Lipinski definition) is 11. The van der Waals surface area contributed by atoms with Gasteiger partial charge in [0.05, 0.1) is 30.5 Å². The van der Waals surface area contributed by atoms with Crippen molar-refractivity contribution < 1.29 is 48.9 Å². The molecule has 56 heavy (non-hydrogen) atoms. The number of rotatable bonds is 29. The summed E-state index contributed by atoms with van der Waals surface area (Å²) in [7, 11) is 0. The standard InChI is InChI=1S/C36H59N9O10S/c1-20(46)24(18-29(48)25(38)12-15-56-2)34(54)44-27(19-31(50)51)30(49)17-22(6-3-4-13-37)33(53)45-28(16-21-8-10-23(47)11-9-21)35(55)43-26(32(39)52)7-5-14-42-36(40)41/h8-11,20,22,24-28,46-47H,3-7,12-19,37-38H2,1-2H3,(H2,39,52)(H,43,55)(H,44,54)(H,45,53)(H,50,51)(H4,40,41,42)/t20-,22-,24?,25+,26+,27+,28?/m1/s1. The first-order valence-electron chi connectivity index (χ1n) is 18.3. The minimum absolute atomic E-state index is 0.0454. The van der Waals surface area contributed by atoms with Gasteiger partial charge in [0.2, 0.25) is 23.6 Å². The third kappa shape index (κ3) is 19.2. The fourth-order valence-corrected chi connectivity index (χ4v) is 6.12. The first-order chi connectivity index (χ1) is 26.4. The molecule has 20 heteroatoms. The minimum atomic E-state index is -1.64. The van der Waals surface area contributed by atoms with Crippen molar-refractivity contribution in [3.05, 3.63) is 29.8 Å². The zero-order valence-corrected chi connectivity index (χ0v) is 32.8. The Morgan fingerprint density at radius 1 is 0.786 bits per heavy atom. The number of benzene rings is 1. The number of nitrogens with one attached hydrogen (secondary N) is 3. The Morgan fingerprint density at radius 3 is 1.96 bits per heavy atom. The fraction of sp³-hybridized carbons (Fsp3) is 0.611. The number of amides is 4. The molecule has 0 aromatic heterocycles. The number of aliphatic hydroxyl groups excluding tert-OH is 1. The smallest absolute Gasteiger partial charge is 0.305 e. The summed E-state index contributed by atoms with van der Waals surface area (Å²) in [6.45, 7) is 1.70. The molecule has 0 saturated heterocycles. The Labute approximate surface area is 330 Å².